The van der Waals surface area contributed by atoms with Crippen LogP contribution < -0.4 is 9.47 Å². The lowest BCUT2D eigenvalue weighted by Gasteiger charge is -2.31. The Balaban J connectivity index is 0.00000190. The van der Waals surface area contributed by atoms with Crippen LogP contribution in [-0.2, 0) is 11.2 Å². The number of aliphatic hydroxyl groups is 2. The molecule has 0 radical (unpaired) electrons. The Morgan fingerprint density at radius 2 is 1.58 bits per heavy atom. The maximum atomic E-state index is 10.1. The van der Waals surface area contributed by atoms with Gasteiger partial charge in [-0.05, 0) is 52.3 Å². The highest BCUT2D eigenvalue weighted by Gasteiger charge is 2.31. The number of ether oxygens (including phenoxy) is 3. The van der Waals surface area contributed by atoms with Crippen molar-refractivity contribution in [2.75, 3.05) is 6.61 Å². The molecule has 208 valence electrons. The second-order valence-electron chi connectivity index (χ2n) is 8.51. The number of aliphatic hydroxyl groups excluding tert-OH is 2. The van der Waals surface area contributed by atoms with Crippen LogP contribution in [0, 0.1) is 6.92 Å². The van der Waals surface area contributed by atoms with E-state index < -0.39 is 18.5 Å². The fraction of sp³-hybridized carbons (Fsp3) is 0.690. The molecule has 0 amide bonds. The van der Waals surface area contributed by atoms with E-state index in [1.165, 1.54) is 0 Å². The van der Waals surface area contributed by atoms with Crippen molar-refractivity contribution in [2.45, 2.75) is 126 Å². The van der Waals surface area contributed by atoms with Crippen LogP contribution in [0.2, 0.25) is 0 Å². The quantitative estimate of drug-likeness (QED) is 0.425. The first-order valence-electron chi connectivity index (χ1n) is 13.7. The summed E-state index contributed by atoms with van der Waals surface area (Å²) >= 11 is 0. The molecule has 0 aliphatic carbocycles. The summed E-state index contributed by atoms with van der Waals surface area (Å²) in [5.41, 5.74) is 3.16. The van der Waals surface area contributed by atoms with Gasteiger partial charge >= 0.3 is 0 Å². The van der Waals surface area contributed by atoms with Gasteiger partial charge in [0.1, 0.15) is 5.75 Å². The van der Waals surface area contributed by atoms with Crippen molar-refractivity contribution in [1.29, 1.82) is 0 Å². The van der Waals surface area contributed by atoms with Crippen LogP contribution in [0.4, 0.5) is 0 Å². The Morgan fingerprint density at radius 1 is 1.00 bits per heavy atom. The molecule has 0 saturated carbocycles. The number of hydrogen-bond donors (Lipinski definition) is 2. The molecule has 1 aromatic carbocycles. The molecular formula is C29H52N2O5. The molecule has 7 heteroatoms. The van der Waals surface area contributed by atoms with E-state index in [0.717, 1.165) is 22.6 Å². The van der Waals surface area contributed by atoms with Crippen molar-refractivity contribution in [3.8, 4) is 11.6 Å². The van der Waals surface area contributed by atoms with Gasteiger partial charge in [-0.1, -0.05) is 53.7 Å². The van der Waals surface area contributed by atoms with Crippen LogP contribution in [0.5, 0.6) is 11.6 Å². The van der Waals surface area contributed by atoms with E-state index in [-0.39, 0.29) is 18.8 Å². The van der Waals surface area contributed by atoms with Crippen molar-refractivity contribution >= 4 is 0 Å². The largest absolute Gasteiger partial charge is 0.491 e. The van der Waals surface area contributed by atoms with E-state index in [2.05, 4.69) is 31.1 Å². The zero-order chi connectivity index (χ0) is 27.8. The van der Waals surface area contributed by atoms with Gasteiger partial charge in [0, 0.05) is 36.6 Å². The highest BCUT2D eigenvalue weighted by atomic mass is 16.7. The Morgan fingerprint density at radius 3 is 2.08 bits per heavy atom. The summed E-state index contributed by atoms with van der Waals surface area (Å²) in [5.74, 6) is 1.36. The number of rotatable bonds is 8. The van der Waals surface area contributed by atoms with Crippen molar-refractivity contribution in [2.24, 2.45) is 0 Å². The molecule has 1 aromatic heterocycles. The fourth-order valence-corrected chi connectivity index (χ4v) is 3.75. The minimum atomic E-state index is -0.638. The standard InChI is InChI=1S/C23H34N2O5.3C2H6/c1-14(2)25-16(5)21(10-17-6-8-19(9-7-17)28-15(3)4)23(24-25)30-22-12-18(27)11-20(13-26)29-22;3*1-2/h6-9,14-15,18,20,22,26-27H,10-13H2,1-5H3;3*1-2H3. The first kappa shape index (κ1) is 33.9. The van der Waals surface area contributed by atoms with Crippen molar-refractivity contribution in [1.82, 2.24) is 9.78 Å². The molecule has 1 aliphatic heterocycles. The third kappa shape index (κ3) is 10.5. The van der Waals surface area contributed by atoms with Crippen molar-refractivity contribution < 1.29 is 24.4 Å². The van der Waals surface area contributed by atoms with E-state index in [0.29, 0.717) is 25.1 Å². The van der Waals surface area contributed by atoms with Crippen LogP contribution in [0.3, 0.4) is 0 Å². The second kappa shape index (κ2) is 18.2. The van der Waals surface area contributed by atoms with E-state index in [1.807, 2.05) is 79.1 Å². The molecule has 2 aromatic rings. The average Bonchev–Trinajstić information content (AvgIpc) is 3.18. The molecule has 3 atom stereocenters. The van der Waals surface area contributed by atoms with Crippen molar-refractivity contribution in [3.05, 3.63) is 41.1 Å². The molecule has 1 aliphatic rings. The first-order valence-corrected chi connectivity index (χ1v) is 13.7. The van der Waals surface area contributed by atoms with E-state index in [4.69, 9.17) is 14.2 Å². The molecule has 36 heavy (non-hydrogen) atoms. The third-order valence-electron chi connectivity index (χ3n) is 5.19. The summed E-state index contributed by atoms with van der Waals surface area (Å²) in [6.45, 7) is 22.1. The summed E-state index contributed by atoms with van der Waals surface area (Å²) in [5, 5.41) is 24.2. The van der Waals surface area contributed by atoms with Crippen LogP contribution in [0.25, 0.3) is 0 Å². The Labute approximate surface area is 219 Å². The van der Waals surface area contributed by atoms with Gasteiger partial charge in [0.25, 0.3) is 0 Å². The van der Waals surface area contributed by atoms with Crippen LogP contribution in [0.15, 0.2) is 24.3 Å². The Kier molecular flexibility index (Phi) is 17.1. The van der Waals surface area contributed by atoms with Gasteiger partial charge in [0.2, 0.25) is 12.2 Å². The first-order chi connectivity index (χ1) is 17.3. The zero-order valence-corrected chi connectivity index (χ0v) is 24.5. The minimum absolute atomic E-state index is 0.135. The van der Waals surface area contributed by atoms with Gasteiger partial charge in [0.15, 0.2) is 0 Å². The molecule has 0 bridgehead atoms. The fourth-order valence-electron chi connectivity index (χ4n) is 3.75. The van der Waals surface area contributed by atoms with E-state index in [9.17, 15) is 10.2 Å². The molecule has 0 spiro atoms. The maximum absolute atomic E-state index is 10.1. The number of hydrogen-bond acceptors (Lipinski definition) is 6. The van der Waals surface area contributed by atoms with Gasteiger partial charge in [-0.25, -0.2) is 0 Å². The number of benzene rings is 1. The van der Waals surface area contributed by atoms with Gasteiger partial charge < -0.3 is 24.4 Å². The lowest BCUT2D eigenvalue weighted by Crippen LogP contribution is -2.40. The van der Waals surface area contributed by atoms with Crippen LogP contribution >= 0.6 is 0 Å². The lowest BCUT2D eigenvalue weighted by atomic mass is 10.0. The minimum Gasteiger partial charge on any atom is -0.491 e. The predicted molar refractivity (Wildman–Crippen MR) is 148 cm³/mol. The molecule has 2 N–H and O–H groups in total. The van der Waals surface area contributed by atoms with Gasteiger partial charge in [-0.2, -0.15) is 0 Å². The van der Waals surface area contributed by atoms with E-state index in [1.54, 1.807) is 0 Å². The van der Waals surface area contributed by atoms with Gasteiger partial charge in [-0.3, -0.25) is 4.68 Å². The summed E-state index contributed by atoms with van der Waals surface area (Å²) in [6, 6.07) is 8.24. The highest BCUT2D eigenvalue weighted by molar-refractivity contribution is 5.38. The highest BCUT2D eigenvalue weighted by Crippen LogP contribution is 2.30. The maximum Gasteiger partial charge on any atom is 0.238 e. The molecule has 3 rings (SSSR count). The molecule has 1 saturated heterocycles. The Bertz CT molecular complexity index is 818. The molecule has 2 heterocycles. The van der Waals surface area contributed by atoms with Crippen LogP contribution in [0.1, 0.15) is 105 Å². The molecule has 3 unspecified atom stereocenters. The predicted octanol–water partition coefficient (Wildman–Crippen LogP) is 6.47. The second-order valence-corrected chi connectivity index (χ2v) is 8.51. The average molecular weight is 509 g/mol. The Hall–Kier alpha value is -2.09. The van der Waals surface area contributed by atoms with Gasteiger partial charge in [-0.15, -0.1) is 5.10 Å². The summed E-state index contributed by atoms with van der Waals surface area (Å²) < 4.78 is 19.6. The topological polar surface area (TPSA) is 86.0 Å². The summed E-state index contributed by atoms with van der Waals surface area (Å²) in [6.07, 6.45) is -0.0697. The van der Waals surface area contributed by atoms with Crippen molar-refractivity contribution in [3.63, 3.8) is 0 Å². The normalized spacial score (nSPS) is 18.8. The SMILES string of the molecule is CC.CC.CC.Cc1c(Cc2ccc(OC(C)C)cc2)c(OC2CC(O)CC(CO)O2)nn1C(C)C. The molecule has 1 fully saturated rings. The van der Waals surface area contributed by atoms with Gasteiger partial charge in [0.05, 0.1) is 24.9 Å². The molecular weight excluding hydrogens is 456 g/mol. The molecule has 7 nitrogen and oxygen atoms in total. The smallest absolute Gasteiger partial charge is 0.238 e. The monoisotopic (exact) mass is 508 g/mol. The van der Waals surface area contributed by atoms with Crippen LogP contribution in [-0.4, -0.2) is 51.2 Å². The summed E-state index contributed by atoms with van der Waals surface area (Å²) in [7, 11) is 0. The number of nitrogens with zero attached hydrogens (tertiary/aromatic N) is 2. The van der Waals surface area contributed by atoms with E-state index >= 15 is 0 Å². The number of aromatic nitrogens is 2. The zero-order valence-electron chi connectivity index (χ0n) is 24.5. The summed E-state index contributed by atoms with van der Waals surface area (Å²) in [4.78, 5) is 0. The lowest BCUT2D eigenvalue weighted by molar-refractivity contribution is -0.186. The third-order valence-corrected chi connectivity index (χ3v) is 5.19.